The van der Waals surface area contributed by atoms with Gasteiger partial charge in [-0.3, -0.25) is 4.79 Å². The van der Waals surface area contributed by atoms with Gasteiger partial charge in [0.05, 0.1) is 25.2 Å². The molecule has 8 heteroatoms. The monoisotopic (exact) mass is 392 g/mol. The van der Waals surface area contributed by atoms with E-state index in [4.69, 9.17) is 9.47 Å². The maximum absolute atomic E-state index is 12.5. The highest BCUT2D eigenvalue weighted by Gasteiger charge is 2.23. The van der Waals surface area contributed by atoms with E-state index in [-0.39, 0.29) is 4.90 Å². The molecule has 0 radical (unpaired) electrons. The number of sulfonamides is 1. The highest BCUT2D eigenvalue weighted by Crippen LogP contribution is 2.29. The summed E-state index contributed by atoms with van der Waals surface area (Å²) < 4.78 is 37.6. The zero-order chi connectivity index (χ0) is 19.9. The van der Waals surface area contributed by atoms with E-state index in [0.29, 0.717) is 24.5 Å². The molecule has 146 valence electrons. The zero-order valence-corrected chi connectivity index (χ0v) is 16.4. The molecule has 2 aromatic rings. The predicted molar refractivity (Wildman–Crippen MR) is 102 cm³/mol. The number of carbonyl (C=O) groups excluding carboxylic acids is 1. The van der Waals surface area contributed by atoms with Gasteiger partial charge in [0, 0.05) is 12.6 Å². The average molecular weight is 392 g/mol. The molecule has 0 bridgehead atoms. The number of nitrogens with one attached hydrogen (secondary N) is 2. The fraction of sp³-hybridized carbons (Fsp3) is 0.316. The Balaban J connectivity index is 1.96. The van der Waals surface area contributed by atoms with Crippen LogP contribution in [0.15, 0.2) is 53.4 Å². The van der Waals surface area contributed by atoms with Gasteiger partial charge in [0.25, 0.3) is 0 Å². The number of methoxy groups -OCH3 is 2. The summed E-state index contributed by atoms with van der Waals surface area (Å²) in [5, 5.41) is 2.74. The van der Waals surface area contributed by atoms with Crippen molar-refractivity contribution in [2.24, 2.45) is 0 Å². The van der Waals surface area contributed by atoms with Crippen molar-refractivity contribution in [1.29, 1.82) is 0 Å². The first kappa shape index (κ1) is 20.7. The van der Waals surface area contributed by atoms with Gasteiger partial charge in [0.2, 0.25) is 15.9 Å². The first-order chi connectivity index (χ1) is 12.9. The lowest BCUT2D eigenvalue weighted by molar-refractivity contribution is -0.122. The molecule has 1 amide bonds. The van der Waals surface area contributed by atoms with E-state index in [1.165, 1.54) is 39.3 Å². The molecule has 0 aliphatic rings. The summed E-state index contributed by atoms with van der Waals surface area (Å²) in [7, 11) is -1.00. The van der Waals surface area contributed by atoms with Gasteiger partial charge in [0.1, 0.15) is 0 Å². The lowest BCUT2D eigenvalue weighted by Crippen LogP contribution is -2.45. The summed E-state index contributed by atoms with van der Waals surface area (Å²) in [5.74, 6) is 0.318. The van der Waals surface area contributed by atoms with E-state index >= 15 is 0 Å². The van der Waals surface area contributed by atoms with Crippen LogP contribution >= 0.6 is 0 Å². The molecule has 0 aromatic heterocycles. The van der Waals surface area contributed by atoms with Crippen molar-refractivity contribution in [2.75, 3.05) is 20.8 Å². The summed E-state index contributed by atoms with van der Waals surface area (Å²) >= 11 is 0. The highest BCUT2D eigenvalue weighted by atomic mass is 32.2. The summed E-state index contributed by atoms with van der Waals surface area (Å²) in [6.45, 7) is 1.92. The predicted octanol–water partition coefficient (Wildman–Crippen LogP) is 1.73. The number of benzene rings is 2. The Morgan fingerprint density at radius 1 is 1.04 bits per heavy atom. The summed E-state index contributed by atoms with van der Waals surface area (Å²) in [4.78, 5) is 12.2. The van der Waals surface area contributed by atoms with Crippen LogP contribution in [0.2, 0.25) is 0 Å². The third-order valence-corrected chi connectivity index (χ3v) is 5.48. The normalized spacial score (nSPS) is 12.3. The Morgan fingerprint density at radius 3 is 2.33 bits per heavy atom. The van der Waals surface area contributed by atoms with Gasteiger partial charge in [-0.2, -0.15) is 4.72 Å². The molecule has 2 aromatic carbocycles. The van der Waals surface area contributed by atoms with Crippen molar-refractivity contribution in [3.05, 3.63) is 54.1 Å². The molecule has 7 nitrogen and oxygen atoms in total. The molecule has 0 fully saturated rings. The van der Waals surface area contributed by atoms with Gasteiger partial charge in [-0.05, 0) is 31.0 Å². The molecule has 2 rings (SSSR count). The second-order valence-corrected chi connectivity index (χ2v) is 7.60. The van der Waals surface area contributed by atoms with E-state index in [2.05, 4.69) is 10.0 Å². The largest absolute Gasteiger partial charge is 0.493 e. The Bertz CT molecular complexity index is 869. The van der Waals surface area contributed by atoms with Gasteiger partial charge in [-0.25, -0.2) is 8.42 Å². The molecular formula is C19H24N2O5S. The number of ether oxygens (including phenoxy) is 2. The summed E-state index contributed by atoms with van der Waals surface area (Å²) in [5.41, 5.74) is 1.09. The van der Waals surface area contributed by atoms with Gasteiger partial charge < -0.3 is 14.8 Å². The highest BCUT2D eigenvalue weighted by molar-refractivity contribution is 7.89. The minimum atomic E-state index is -3.89. The fourth-order valence-corrected chi connectivity index (χ4v) is 3.68. The van der Waals surface area contributed by atoms with Crippen LogP contribution in [0.1, 0.15) is 12.5 Å². The van der Waals surface area contributed by atoms with Crippen LogP contribution in [0, 0.1) is 0 Å². The second kappa shape index (κ2) is 9.38. The number of hydrogen-bond acceptors (Lipinski definition) is 5. The van der Waals surface area contributed by atoms with E-state index < -0.39 is 22.0 Å². The molecule has 1 unspecified atom stereocenters. The van der Waals surface area contributed by atoms with E-state index in [9.17, 15) is 13.2 Å². The maximum Gasteiger partial charge on any atom is 0.241 e. The summed E-state index contributed by atoms with van der Waals surface area (Å²) in [6, 6.07) is 13.0. The number of carbonyl (C=O) groups is 1. The molecule has 0 aliphatic heterocycles. The molecule has 1 atom stereocenters. The lowest BCUT2D eigenvalue weighted by Gasteiger charge is -2.15. The fourth-order valence-electron chi connectivity index (χ4n) is 2.47. The number of rotatable bonds is 9. The molecule has 27 heavy (non-hydrogen) atoms. The van der Waals surface area contributed by atoms with Crippen molar-refractivity contribution < 1.29 is 22.7 Å². The van der Waals surface area contributed by atoms with Crippen LogP contribution in [0.25, 0.3) is 0 Å². The first-order valence-electron chi connectivity index (χ1n) is 8.43. The van der Waals surface area contributed by atoms with Crippen LogP contribution in [0.4, 0.5) is 0 Å². The Labute approximate surface area is 159 Å². The maximum atomic E-state index is 12.5. The van der Waals surface area contributed by atoms with Crippen LogP contribution < -0.4 is 19.5 Å². The van der Waals surface area contributed by atoms with Gasteiger partial charge in [-0.15, -0.1) is 0 Å². The first-order valence-corrected chi connectivity index (χ1v) is 9.91. The molecular weight excluding hydrogens is 368 g/mol. The Hall–Kier alpha value is -2.58. The van der Waals surface area contributed by atoms with Crippen molar-refractivity contribution in [3.8, 4) is 11.5 Å². The minimum absolute atomic E-state index is 0.0101. The van der Waals surface area contributed by atoms with E-state index in [1.54, 1.807) is 0 Å². The molecule has 2 N–H and O–H groups in total. The average Bonchev–Trinajstić information content (AvgIpc) is 2.67. The minimum Gasteiger partial charge on any atom is -0.493 e. The van der Waals surface area contributed by atoms with E-state index in [1.807, 2.05) is 30.3 Å². The molecule has 0 spiro atoms. The van der Waals surface area contributed by atoms with Crippen molar-refractivity contribution >= 4 is 15.9 Å². The van der Waals surface area contributed by atoms with Crippen molar-refractivity contribution in [2.45, 2.75) is 24.3 Å². The standard InChI is InChI=1S/C19H24N2O5S/c1-14(19(22)20-12-11-15-7-5-4-6-8-15)21-27(23,24)16-9-10-17(25-2)18(13-16)26-3/h4-10,13-14,21H,11-12H2,1-3H3,(H,20,22). The second-order valence-electron chi connectivity index (χ2n) is 5.89. The molecule has 0 heterocycles. The van der Waals surface area contributed by atoms with Crippen LogP contribution in [0.3, 0.4) is 0 Å². The molecule has 0 saturated heterocycles. The quantitative estimate of drug-likeness (QED) is 0.678. The SMILES string of the molecule is COc1ccc(S(=O)(=O)NC(C)C(=O)NCCc2ccccc2)cc1OC. The van der Waals surface area contributed by atoms with Crippen LogP contribution in [-0.4, -0.2) is 41.1 Å². The van der Waals surface area contributed by atoms with Gasteiger partial charge >= 0.3 is 0 Å². The Kier molecular flexibility index (Phi) is 7.20. The lowest BCUT2D eigenvalue weighted by atomic mass is 10.1. The van der Waals surface area contributed by atoms with Gasteiger partial charge in [-0.1, -0.05) is 30.3 Å². The van der Waals surface area contributed by atoms with Crippen molar-refractivity contribution in [1.82, 2.24) is 10.0 Å². The van der Waals surface area contributed by atoms with Crippen molar-refractivity contribution in [3.63, 3.8) is 0 Å². The summed E-state index contributed by atoms with van der Waals surface area (Å²) in [6.07, 6.45) is 0.668. The third kappa shape index (κ3) is 5.70. The van der Waals surface area contributed by atoms with Crippen LogP contribution in [0.5, 0.6) is 11.5 Å². The number of hydrogen-bond donors (Lipinski definition) is 2. The smallest absolute Gasteiger partial charge is 0.241 e. The number of amides is 1. The molecule has 0 saturated carbocycles. The van der Waals surface area contributed by atoms with E-state index in [0.717, 1.165) is 5.56 Å². The van der Waals surface area contributed by atoms with Gasteiger partial charge in [0.15, 0.2) is 11.5 Å². The Morgan fingerprint density at radius 2 is 1.70 bits per heavy atom. The topological polar surface area (TPSA) is 93.7 Å². The van der Waals surface area contributed by atoms with Crippen LogP contribution in [-0.2, 0) is 21.2 Å². The third-order valence-electron chi connectivity index (χ3n) is 3.95. The molecule has 0 aliphatic carbocycles. The zero-order valence-electron chi connectivity index (χ0n) is 15.6.